The van der Waals surface area contributed by atoms with Crippen LogP contribution in [0, 0.1) is 0 Å². The summed E-state index contributed by atoms with van der Waals surface area (Å²) in [5.74, 6) is -0.368. The van der Waals surface area contributed by atoms with E-state index in [1.165, 1.54) is 0 Å². The van der Waals surface area contributed by atoms with Crippen molar-refractivity contribution in [1.82, 2.24) is 9.46 Å². The highest BCUT2D eigenvalue weighted by molar-refractivity contribution is 7.88. The Morgan fingerprint density at radius 1 is 1.43 bits per heavy atom. The summed E-state index contributed by atoms with van der Waals surface area (Å²) >= 11 is 0. The number of nitrogens with zero attached hydrogens (tertiary/aromatic N) is 2. The van der Waals surface area contributed by atoms with Crippen LogP contribution in [0.2, 0.25) is 0 Å². The van der Waals surface area contributed by atoms with Crippen LogP contribution < -0.4 is 0 Å². The molecule has 0 spiro atoms. The molecule has 0 aliphatic carbocycles. The van der Waals surface area contributed by atoms with Crippen molar-refractivity contribution in [3.63, 3.8) is 0 Å². The van der Waals surface area contributed by atoms with Gasteiger partial charge in [-0.15, -0.1) is 0 Å². The van der Waals surface area contributed by atoms with Gasteiger partial charge in [-0.25, -0.2) is 12.8 Å². The number of rotatable bonds is 4. The maximum atomic E-state index is 13.4. The summed E-state index contributed by atoms with van der Waals surface area (Å²) in [6.45, 7) is -0.609. The van der Waals surface area contributed by atoms with Gasteiger partial charge in [-0.1, -0.05) is 17.3 Å². The first-order chi connectivity index (χ1) is 10.0. The fourth-order valence-electron chi connectivity index (χ4n) is 2.64. The molecule has 1 N–H and O–H groups in total. The Labute approximate surface area is 121 Å². The van der Waals surface area contributed by atoms with Crippen LogP contribution in [0.15, 0.2) is 28.8 Å². The van der Waals surface area contributed by atoms with Crippen molar-refractivity contribution in [2.24, 2.45) is 0 Å². The number of para-hydroxylation sites is 1. The molecule has 1 fully saturated rings. The van der Waals surface area contributed by atoms with E-state index in [4.69, 9.17) is 4.52 Å². The van der Waals surface area contributed by atoms with Crippen LogP contribution in [0.3, 0.4) is 0 Å². The lowest BCUT2D eigenvalue weighted by molar-refractivity contribution is 0.212. The zero-order valence-corrected chi connectivity index (χ0v) is 12.0. The average Bonchev–Trinajstić information content (AvgIpc) is 3.03. The van der Waals surface area contributed by atoms with E-state index in [-0.39, 0.29) is 25.3 Å². The van der Waals surface area contributed by atoms with E-state index in [9.17, 15) is 17.9 Å². The number of hydrogen-bond acceptors (Lipinski definition) is 5. The minimum absolute atomic E-state index is 0.0231. The molecule has 1 aliphatic rings. The Morgan fingerprint density at radius 2 is 2.19 bits per heavy atom. The fraction of sp³-hybridized carbons (Fsp3) is 0.462. The Bertz CT molecular complexity index is 745. The van der Waals surface area contributed by atoms with Crippen LogP contribution in [0.25, 0.3) is 11.0 Å². The molecule has 2 heterocycles. The lowest BCUT2D eigenvalue weighted by Gasteiger charge is -2.21. The van der Waals surface area contributed by atoms with Gasteiger partial charge < -0.3 is 9.63 Å². The molecule has 3 rings (SSSR count). The van der Waals surface area contributed by atoms with Crippen LogP contribution in [-0.4, -0.2) is 48.4 Å². The van der Waals surface area contributed by atoms with Crippen molar-refractivity contribution in [3.05, 3.63) is 30.0 Å². The number of fused-ring (bicyclic) bond motifs is 1. The minimum atomic E-state index is -3.76. The second kappa shape index (κ2) is 5.36. The van der Waals surface area contributed by atoms with Gasteiger partial charge in [0.15, 0.2) is 5.58 Å². The van der Waals surface area contributed by atoms with Gasteiger partial charge >= 0.3 is 0 Å². The largest absolute Gasteiger partial charge is 0.395 e. The van der Waals surface area contributed by atoms with Gasteiger partial charge in [-0.3, -0.25) is 0 Å². The van der Waals surface area contributed by atoms with Gasteiger partial charge in [0, 0.05) is 11.9 Å². The molecule has 6 nitrogen and oxygen atoms in total. The van der Waals surface area contributed by atoms with E-state index >= 15 is 0 Å². The molecule has 0 saturated carbocycles. The SMILES string of the molecule is O=S(=O)(Cc1noc2ccccc12)N1C[C@@H](F)C[C@H]1CO. The molecule has 1 saturated heterocycles. The quantitative estimate of drug-likeness (QED) is 0.912. The molecule has 0 radical (unpaired) electrons. The molecular formula is C13H15FN2O4S. The van der Waals surface area contributed by atoms with E-state index < -0.39 is 22.2 Å². The number of hydrogen-bond donors (Lipinski definition) is 1. The molecule has 0 amide bonds. The van der Waals surface area contributed by atoms with Crippen molar-refractivity contribution >= 4 is 21.0 Å². The topological polar surface area (TPSA) is 83.6 Å². The molecule has 2 atom stereocenters. The predicted molar refractivity (Wildman–Crippen MR) is 73.7 cm³/mol. The maximum absolute atomic E-state index is 13.4. The Morgan fingerprint density at radius 3 is 2.95 bits per heavy atom. The summed E-state index contributed by atoms with van der Waals surface area (Å²) in [5, 5.41) is 13.6. The lowest BCUT2D eigenvalue weighted by atomic mass is 10.2. The van der Waals surface area contributed by atoms with Crippen molar-refractivity contribution in [3.8, 4) is 0 Å². The third kappa shape index (κ3) is 2.66. The first-order valence-corrected chi connectivity index (χ1v) is 8.20. The summed E-state index contributed by atoms with van der Waals surface area (Å²) in [7, 11) is -3.76. The van der Waals surface area contributed by atoms with Crippen LogP contribution in [0.1, 0.15) is 12.1 Å². The van der Waals surface area contributed by atoms with Gasteiger partial charge in [0.25, 0.3) is 0 Å². The van der Waals surface area contributed by atoms with Crippen molar-refractivity contribution in [2.45, 2.75) is 24.4 Å². The molecule has 8 heteroatoms. The molecular weight excluding hydrogens is 299 g/mol. The Hall–Kier alpha value is -1.51. The third-order valence-corrected chi connectivity index (χ3v) is 5.45. The van der Waals surface area contributed by atoms with E-state index in [1.54, 1.807) is 24.3 Å². The molecule has 1 aromatic carbocycles. The summed E-state index contributed by atoms with van der Waals surface area (Å²) < 4.78 is 44.4. The van der Waals surface area contributed by atoms with Crippen LogP contribution in [-0.2, 0) is 15.8 Å². The predicted octanol–water partition coefficient (Wildman–Crippen LogP) is 1.06. The highest BCUT2D eigenvalue weighted by Gasteiger charge is 2.39. The van der Waals surface area contributed by atoms with Crippen LogP contribution >= 0.6 is 0 Å². The van der Waals surface area contributed by atoms with Gasteiger partial charge in [0.1, 0.15) is 17.6 Å². The summed E-state index contributed by atoms with van der Waals surface area (Å²) in [6.07, 6.45) is -1.22. The first-order valence-electron chi connectivity index (χ1n) is 6.59. The zero-order valence-electron chi connectivity index (χ0n) is 11.1. The number of alkyl halides is 1. The fourth-order valence-corrected chi connectivity index (χ4v) is 4.35. The van der Waals surface area contributed by atoms with Crippen LogP contribution in [0.4, 0.5) is 4.39 Å². The average molecular weight is 314 g/mol. The Balaban J connectivity index is 1.89. The third-order valence-electron chi connectivity index (χ3n) is 3.65. The monoisotopic (exact) mass is 314 g/mol. The molecule has 21 heavy (non-hydrogen) atoms. The van der Waals surface area contributed by atoms with Crippen molar-refractivity contribution in [1.29, 1.82) is 0 Å². The molecule has 114 valence electrons. The highest BCUT2D eigenvalue weighted by Crippen LogP contribution is 2.27. The molecule has 0 bridgehead atoms. The summed E-state index contributed by atoms with van der Waals surface area (Å²) in [5.41, 5.74) is 0.802. The molecule has 1 aliphatic heterocycles. The number of halogens is 1. The number of aliphatic hydroxyl groups excluding tert-OH is 1. The van der Waals surface area contributed by atoms with E-state index in [0.29, 0.717) is 16.7 Å². The van der Waals surface area contributed by atoms with Gasteiger partial charge in [0.05, 0.1) is 12.6 Å². The molecule has 1 aromatic heterocycles. The Kier molecular flexibility index (Phi) is 3.68. The normalized spacial score (nSPS) is 23.9. The second-order valence-corrected chi connectivity index (χ2v) is 7.04. The highest BCUT2D eigenvalue weighted by atomic mass is 32.2. The number of aromatic nitrogens is 1. The first kappa shape index (κ1) is 14.4. The number of sulfonamides is 1. The molecule has 0 unspecified atom stereocenters. The minimum Gasteiger partial charge on any atom is -0.395 e. The lowest BCUT2D eigenvalue weighted by Crippen LogP contribution is -2.38. The number of benzene rings is 1. The zero-order chi connectivity index (χ0) is 15.0. The van der Waals surface area contributed by atoms with Gasteiger partial charge in [0.2, 0.25) is 10.0 Å². The van der Waals surface area contributed by atoms with Gasteiger partial charge in [-0.05, 0) is 18.6 Å². The van der Waals surface area contributed by atoms with Crippen LogP contribution in [0.5, 0.6) is 0 Å². The smallest absolute Gasteiger partial charge is 0.220 e. The van der Waals surface area contributed by atoms with Crippen molar-refractivity contribution in [2.75, 3.05) is 13.2 Å². The van der Waals surface area contributed by atoms with Crippen molar-refractivity contribution < 1.29 is 22.4 Å². The number of aliphatic hydroxyl groups is 1. The van der Waals surface area contributed by atoms with E-state index in [1.807, 2.05) is 0 Å². The van der Waals surface area contributed by atoms with Gasteiger partial charge in [-0.2, -0.15) is 4.31 Å². The summed E-state index contributed by atoms with van der Waals surface area (Å²) in [6, 6.07) is 6.24. The van der Waals surface area contributed by atoms with E-state index in [0.717, 1.165) is 4.31 Å². The maximum Gasteiger partial charge on any atom is 0.220 e. The van der Waals surface area contributed by atoms with E-state index in [2.05, 4.69) is 5.16 Å². The molecule has 2 aromatic rings. The standard InChI is InChI=1S/C13H15FN2O4S/c14-9-5-10(7-17)16(6-9)21(18,19)8-12-11-3-1-2-4-13(11)20-15-12/h1-4,9-10,17H,5-8H2/t9-,10-/m0/s1. The second-order valence-electron chi connectivity index (χ2n) is 5.12. The summed E-state index contributed by atoms with van der Waals surface area (Å²) in [4.78, 5) is 0.